The Morgan fingerprint density at radius 1 is 0.971 bits per heavy atom. The summed E-state index contributed by atoms with van der Waals surface area (Å²) in [4.78, 5) is 23.2. The fraction of sp³-hybridized carbons (Fsp3) is 0.414. The van der Waals surface area contributed by atoms with Gasteiger partial charge in [0.1, 0.15) is 5.82 Å². The summed E-state index contributed by atoms with van der Waals surface area (Å²) in [7, 11) is 0. The molecule has 6 heteroatoms. The molecular formula is C29H37N3O3. The summed E-state index contributed by atoms with van der Waals surface area (Å²) in [6.07, 6.45) is 3.82. The van der Waals surface area contributed by atoms with E-state index in [1.807, 2.05) is 56.4 Å². The molecule has 3 aromatic rings. The molecule has 0 amide bonds. The zero-order valence-electron chi connectivity index (χ0n) is 21.3. The third-order valence-electron chi connectivity index (χ3n) is 5.83. The minimum atomic E-state index is -0.791. The lowest BCUT2D eigenvalue weighted by Gasteiger charge is -2.28. The summed E-state index contributed by atoms with van der Waals surface area (Å²) in [6.45, 7) is 10.1. The van der Waals surface area contributed by atoms with E-state index in [9.17, 15) is 4.79 Å². The van der Waals surface area contributed by atoms with Gasteiger partial charge in [0, 0.05) is 30.3 Å². The lowest BCUT2D eigenvalue weighted by Crippen LogP contribution is -2.33. The molecule has 0 atom stereocenters. The Morgan fingerprint density at radius 3 is 2.14 bits per heavy atom. The van der Waals surface area contributed by atoms with Gasteiger partial charge in [-0.05, 0) is 32.1 Å². The molecule has 1 aromatic heterocycles. The summed E-state index contributed by atoms with van der Waals surface area (Å²) in [6, 6.07) is 20.6. The van der Waals surface area contributed by atoms with Crippen LogP contribution in [-0.2, 0) is 9.53 Å². The van der Waals surface area contributed by atoms with Crippen molar-refractivity contribution in [1.82, 2.24) is 9.97 Å². The van der Waals surface area contributed by atoms with Gasteiger partial charge in [-0.3, -0.25) is 9.78 Å². The van der Waals surface area contributed by atoms with Gasteiger partial charge in [0.2, 0.25) is 0 Å². The van der Waals surface area contributed by atoms with E-state index in [-0.39, 0.29) is 17.9 Å². The first-order valence-corrected chi connectivity index (χ1v) is 12.3. The molecule has 35 heavy (non-hydrogen) atoms. The van der Waals surface area contributed by atoms with Crippen LogP contribution >= 0.6 is 0 Å². The second kappa shape index (κ2) is 12.5. The van der Waals surface area contributed by atoms with Gasteiger partial charge in [-0.25, -0.2) is 4.98 Å². The van der Waals surface area contributed by atoms with Crippen molar-refractivity contribution in [2.45, 2.75) is 53.0 Å². The summed E-state index contributed by atoms with van der Waals surface area (Å²) in [5.41, 5.74) is 3.48. The van der Waals surface area contributed by atoms with Gasteiger partial charge in [0.05, 0.1) is 30.6 Å². The number of unbranched alkanes of at least 4 members (excludes halogenated alkanes) is 1. The topological polar surface area (TPSA) is 75.5 Å². The van der Waals surface area contributed by atoms with Crippen LogP contribution < -0.4 is 4.90 Å². The van der Waals surface area contributed by atoms with Crippen LogP contribution in [-0.4, -0.2) is 46.8 Å². The average Bonchev–Trinajstić information content (AvgIpc) is 2.83. The maximum atomic E-state index is 11.0. The Kier molecular flexibility index (Phi) is 9.38. The molecule has 1 N–H and O–H groups in total. The molecule has 2 aromatic carbocycles. The fourth-order valence-electron chi connectivity index (χ4n) is 4.06. The van der Waals surface area contributed by atoms with Crippen molar-refractivity contribution in [2.24, 2.45) is 5.41 Å². The zero-order valence-corrected chi connectivity index (χ0v) is 21.3. The van der Waals surface area contributed by atoms with E-state index >= 15 is 0 Å². The van der Waals surface area contributed by atoms with Crippen molar-refractivity contribution in [3.8, 4) is 22.5 Å². The van der Waals surface area contributed by atoms with Crippen LogP contribution in [0.2, 0.25) is 0 Å². The minimum absolute atomic E-state index is 0.107. The number of carboxylic acids is 1. The summed E-state index contributed by atoms with van der Waals surface area (Å²) in [5.74, 6) is 0.0717. The highest BCUT2D eigenvalue weighted by Gasteiger charge is 2.22. The van der Waals surface area contributed by atoms with E-state index in [1.54, 1.807) is 0 Å². The number of aromatic nitrogens is 2. The van der Waals surface area contributed by atoms with E-state index in [2.05, 4.69) is 43.0 Å². The normalized spacial score (nSPS) is 11.6. The van der Waals surface area contributed by atoms with E-state index < -0.39 is 5.97 Å². The van der Waals surface area contributed by atoms with Gasteiger partial charge >= 0.3 is 5.97 Å². The first kappa shape index (κ1) is 26.4. The molecule has 0 saturated carbocycles. The van der Waals surface area contributed by atoms with Gasteiger partial charge in [-0.15, -0.1) is 0 Å². The molecule has 3 rings (SSSR count). The molecule has 0 fully saturated rings. The third-order valence-corrected chi connectivity index (χ3v) is 5.83. The van der Waals surface area contributed by atoms with Crippen molar-refractivity contribution in [1.29, 1.82) is 0 Å². The second-order valence-corrected chi connectivity index (χ2v) is 9.94. The number of anilines is 1. The largest absolute Gasteiger partial charge is 0.481 e. The van der Waals surface area contributed by atoms with Crippen molar-refractivity contribution in [3.63, 3.8) is 0 Å². The monoisotopic (exact) mass is 475 g/mol. The molecule has 0 spiro atoms. The van der Waals surface area contributed by atoms with E-state index in [0.29, 0.717) is 13.2 Å². The number of aliphatic carboxylic acids is 1. The number of hydrogen-bond acceptors (Lipinski definition) is 5. The summed E-state index contributed by atoms with van der Waals surface area (Å²) >= 11 is 0. The van der Waals surface area contributed by atoms with Crippen LogP contribution in [0.25, 0.3) is 22.5 Å². The van der Waals surface area contributed by atoms with E-state index in [4.69, 9.17) is 19.8 Å². The van der Waals surface area contributed by atoms with E-state index in [1.165, 1.54) is 0 Å². The molecule has 0 aliphatic carbocycles. The summed E-state index contributed by atoms with van der Waals surface area (Å²) < 4.78 is 5.78. The molecule has 0 saturated heterocycles. The smallest absolute Gasteiger partial charge is 0.303 e. The van der Waals surface area contributed by atoms with Crippen molar-refractivity contribution >= 4 is 11.8 Å². The lowest BCUT2D eigenvalue weighted by molar-refractivity contribution is -0.140. The molecule has 0 unspecified atom stereocenters. The Bertz CT molecular complexity index is 1070. The fourth-order valence-corrected chi connectivity index (χ4v) is 4.06. The van der Waals surface area contributed by atoms with Gasteiger partial charge < -0.3 is 14.7 Å². The Hall–Kier alpha value is -3.25. The molecule has 186 valence electrons. The number of carbonyl (C=O) groups is 1. The number of carboxylic acid groups (broad SMARTS) is 1. The number of rotatable bonds is 13. The highest BCUT2D eigenvalue weighted by Crippen LogP contribution is 2.31. The van der Waals surface area contributed by atoms with Crippen LogP contribution in [0.1, 0.15) is 47.0 Å². The second-order valence-electron chi connectivity index (χ2n) is 9.94. The number of nitrogens with zero attached hydrogens (tertiary/aromatic N) is 3. The maximum Gasteiger partial charge on any atom is 0.303 e. The molecule has 1 heterocycles. The number of ether oxygens (including phenoxy) is 1. The van der Waals surface area contributed by atoms with Crippen LogP contribution in [0.15, 0.2) is 66.9 Å². The van der Waals surface area contributed by atoms with Gasteiger partial charge in [0.25, 0.3) is 0 Å². The Morgan fingerprint density at radius 2 is 1.57 bits per heavy atom. The quantitative estimate of drug-likeness (QED) is 0.291. The predicted molar refractivity (Wildman–Crippen MR) is 141 cm³/mol. The van der Waals surface area contributed by atoms with Gasteiger partial charge in [0.15, 0.2) is 0 Å². The predicted octanol–water partition coefficient (Wildman–Crippen LogP) is 6.32. The Labute approximate surface area is 209 Å². The van der Waals surface area contributed by atoms with E-state index in [0.717, 1.165) is 47.7 Å². The van der Waals surface area contributed by atoms with Gasteiger partial charge in [-0.2, -0.15) is 0 Å². The molecule has 6 nitrogen and oxygen atoms in total. The maximum absolute atomic E-state index is 11.0. The van der Waals surface area contributed by atoms with Crippen molar-refractivity contribution < 1.29 is 14.6 Å². The van der Waals surface area contributed by atoms with Gasteiger partial charge in [-0.1, -0.05) is 74.5 Å². The SMILES string of the molecule is CC(C)N(CCCCOCC(C)(C)CC(=O)O)c1cnc(-c2ccccc2)c(-c2ccccc2)n1. The molecule has 0 bridgehead atoms. The van der Waals surface area contributed by atoms with Crippen LogP contribution in [0.5, 0.6) is 0 Å². The molecular weight excluding hydrogens is 438 g/mol. The molecule has 0 aliphatic rings. The van der Waals surface area contributed by atoms with Crippen LogP contribution in [0, 0.1) is 5.41 Å². The third kappa shape index (κ3) is 7.89. The Balaban J connectivity index is 1.70. The standard InChI is InChI=1S/C29H37N3O3/c1-22(2)32(17-11-12-18-35-21-29(3,4)19-26(33)34)25-20-30-27(23-13-7-5-8-14-23)28(31-25)24-15-9-6-10-16-24/h5-10,13-16,20,22H,11-12,17-19,21H2,1-4H3,(H,33,34). The number of hydrogen-bond donors (Lipinski definition) is 1. The molecule has 0 radical (unpaired) electrons. The highest BCUT2D eigenvalue weighted by molar-refractivity contribution is 5.78. The van der Waals surface area contributed by atoms with Crippen LogP contribution in [0.3, 0.4) is 0 Å². The average molecular weight is 476 g/mol. The highest BCUT2D eigenvalue weighted by atomic mass is 16.5. The zero-order chi connectivity index (χ0) is 25.3. The minimum Gasteiger partial charge on any atom is -0.481 e. The first-order valence-electron chi connectivity index (χ1n) is 12.3. The number of benzene rings is 2. The van der Waals surface area contributed by atoms with Crippen LogP contribution in [0.4, 0.5) is 5.82 Å². The lowest BCUT2D eigenvalue weighted by atomic mass is 9.91. The van der Waals surface area contributed by atoms with Crippen molar-refractivity contribution in [2.75, 3.05) is 24.7 Å². The molecule has 0 aliphatic heterocycles. The van der Waals surface area contributed by atoms with Crippen molar-refractivity contribution in [3.05, 3.63) is 66.9 Å². The summed E-state index contributed by atoms with van der Waals surface area (Å²) in [5, 5.41) is 9.01. The first-order chi connectivity index (χ1) is 16.8.